The molecule has 0 aliphatic carbocycles. The van der Waals surface area contributed by atoms with Gasteiger partial charge in [-0.2, -0.15) is 0 Å². The minimum Gasteiger partial charge on any atom is -0.384 e. The Hall–Kier alpha value is -1.51. The standard InChI is InChI=1S/C9H11N3.C2H6/c1-6-3-7-5-11-9(10)4-8(7)12(6)2;1-2/h3-5H,1-2H3,(H2,10,11);1-2H3. The van der Waals surface area contributed by atoms with Crippen LogP contribution in [0, 0.1) is 6.92 Å². The summed E-state index contributed by atoms with van der Waals surface area (Å²) in [5, 5.41) is 1.14. The summed E-state index contributed by atoms with van der Waals surface area (Å²) >= 11 is 0. The zero-order valence-corrected chi connectivity index (χ0v) is 9.20. The van der Waals surface area contributed by atoms with Gasteiger partial charge in [0.05, 0.1) is 5.52 Å². The molecule has 0 spiro atoms. The Morgan fingerprint density at radius 2 is 1.93 bits per heavy atom. The van der Waals surface area contributed by atoms with Crippen LogP contribution in [0.1, 0.15) is 19.5 Å². The number of hydrogen-bond donors (Lipinski definition) is 1. The summed E-state index contributed by atoms with van der Waals surface area (Å²) in [6.45, 7) is 6.07. The van der Waals surface area contributed by atoms with Crippen molar-refractivity contribution in [1.29, 1.82) is 0 Å². The third-order valence-corrected chi connectivity index (χ3v) is 2.19. The van der Waals surface area contributed by atoms with Gasteiger partial charge in [0.2, 0.25) is 0 Å². The van der Waals surface area contributed by atoms with E-state index in [-0.39, 0.29) is 0 Å². The quantitative estimate of drug-likeness (QED) is 0.695. The summed E-state index contributed by atoms with van der Waals surface area (Å²) in [5.74, 6) is 0.573. The molecule has 0 atom stereocenters. The Kier molecular flexibility index (Phi) is 3.12. The van der Waals surface area contributed by atoms with Crippen LogP contribution in [0.25, 0.3) is 10.9 Å². The van der Waals surface area contributed by atoms with Crippen molar-refractivity contribution in [3.05, 3.63) is 24.0 Å². The lowest BCUT2D eigenvalue weighted by Gasteiger charge is -1.98. The second-order valence-electron chi connectivity index (χ2n) is 3.01. The van der Waals surface area contributed by atoms with Crippen molar-refractivity contribution in [3.8, 4) is 0 Å². The highest BCUT2D eigenvalue weighted by Gasteiger charge is 2.01. The molecule has 0 saturated carbocycles. The van der Waals surface area contributed by atoms with Gasteiger partial charge in [0.1, 0.15) is 5.82 Å². The summed E-state index contributed by atoms with van der Waals surface area (Å²) in [5.41, 5.74) is 7.94. The fourth-order valence-corrected chi connectivity index (χ4v) is 1.38. The number of aromatic nitrogens is 2. The number of pyridine rings is 1. The van der Waals surface area contributed by atoms with E-state index in [9.17, 15) is 0 Å². The molecule has 0 bridgehead atoms. The maximum atomic E-state index is 5.58. The molecule has 0 unspecified atom stereocenters. The maximum absolute atomic E-state index is 5.58. The SMILES string of the molecule is CC.Cc1cc2cnc(N)cc2n1C. The number of hydrogen-bond acceptors (Lipinski definition) is 2. The molecule has 0 aliphatic rings. The largest absolute Gasteiger partial charge is 0.384 e. The summed E-state index contributed by atoms with van der Waals surface area (Å²) in [4.78, 5) is 4.03. The van der Waals surface area contributed by atoms with Crippen LogP contribution in [0.3, 0.4) is 0 Å². The van der Waals surface area contributed by atoms with E-state index in [1.807, 2.05) is 27.0 Å². The van der Waals surface area contributed by atoms with Gasteiger partial charge >= 0.3 is 0 Å². The van der Waals surface area contributed by atoms with E-state index in [2.05, 4.69) is 22.5 Å². The lowest BCUT2D eigenvalue weighted by molar-refractivity contribution is 0.918. The van der Waals surface area contributed by atoms with Crippen LogP contribution in [-0.2, 0) is 7.05 Å². The Bertz CT molecular complexity index is 429. The van der Waals surface area contributed by atoms with Crippen molar-refractivity contribution >= 4 is 16.7 Å². The van der Waals surface area contributed by atoms with E-state index >= 15 is 0 Å². The first kappa shape index (κ1) is 10.6. The number of fused-ring (bicyclic) bond motifs is 1. The molecule has 3 heteroatoms. The highest BCUT2D eigenvalue weighted by atomic mass is 15.0. The smallest absolute Gasteiger partial charge is 0.125 e. The van der Waals surface area contributed by atoms with E-state index in [0.717, 1.165) is 10.9 Å². The van der Waals surface area contributed by atoms with Gasteiger partial charge in [-0.1, -0.05) is 13.8 Å². The molecular weight excluding hydrogens is 174 g/mol. The van der Waals surface area contributed by atoms with Crippen molar-refractivity contribution in [3.63, 3.8) is 0 Å². The van der Waals surface area contributed by atoms with Crippen LogP contribution in [0.5, 0.6) is 0 Å². The molecule has 2 aromatic rings. The summed E-state index contributed by atoms with van der Waals surface area (Å²) in [7, 11) is 2.02. The van der Waals surface area contributed by atoms with Crippen LogP contribution < -0.4 is 5.73 Å². The Labute approximate surface area is 84.6 Å². The molecule has 14 heavy (non-hydrogen) atoms. The number of nitrogens with two attached hydrogens (primary N) is 1. The predicted octanol–water partition coefficient (Wildman–Crippen LogP) is 2.49. The zero-order chi connectivity index (χ0) is 10.7. The van der Waals surface area contributed by atoms with Gasteiger partial charge in [-0.05, 0) is 13.0 Å². The van der Waals surface area contributed by atoms with Crippen molar-refractivity contribution in [2.75, 3.05) is 5.73 Å². The molecule has 0 amide bonds. The minimum absolute atomic E-state index is 0.573. The second-order valence-corrected chi connectivity index (χ2v) is 3.01. The van der Waals surface area contributed by atoms with Crippen LogP contribution >= 0.6 is 0 Å². The molecule has 0 fully saturated rings. The number of nitrogens with zero attached hydrogens (tertiary/aromatic N) is 2. The topological polar surface area (TPSA) is 43.8 Å². The van der Waals surface area contributed by atoms with E-state index in [1.54, 1.807) is 6.20 Å². The lowest BCUT2D eigenvalue weighted by atomic mass is 10.3. The molecule has 76 valence electrons. The lowest BCUT2D eigenvalue weighted by Crippen LogP contribution is -1.92. The molecule has 2 aromatic heterocycles. The highest BCUT2D eigenvalue weighted by Crippen LogP contribution is 2.18. The molecule has 0 aliphatic heterocycles. The first-order chi connectivity index (χ1) is 6.68. The molecule has 2 rings (SSSR count). The summed E-state index contributed by atoms with van der Waals surface area (Å²) in [6, 6.07) is 3.99. The Balaban J connectivity index is 0.000000461. The molecule has 0 saturated heterocycles. The number of anilines is 1. The van der Waals surface area contributed by atoms with E-state index < -0.39 is 0 Å². The van der Waals surface area contributed by atoms with Gasteiger partial charge < -0.3 is 10.3 Å². The van der Waals surface area contributed by atoms with Crippen LogP contribution in [-0.4, -0.2) is 9.55 Å². The van der Waals surface area contributed by atoms with Crippen LogP contribution in [0.4, 0.5) is 5.82 Å². The Morgan fingerprint density at radius 1 is 1.29 bits per heavy atom. The predicted molar refractivity (Wildman–Crippen MR) is 61.2 cm³/mol. The fraction of sp³-hybridized carbons (Fsp3) is 0.364. The molecule has 3 nitrogen and oxygen atoms in total. The normalized spacial score (nSPS) is 9.71. The van der Waals surface area contributed by atoms with Gasteiger partial charge in [0.15, 0.2) is 0 Å². The third-order valence-electron chi connectivity index (χ3n) is 2.19. The van der Waals surface area contributed by atoms with Crippen molar-refractivity contribution < 1.29 is 0 Å². The second kappa shape index (κ2) is 4.13. The van der Waals surface area contributed by atoms with E-state index in [1.165, 1.54) is 5.69 Å². The maximum Gasteiger partial charge on any atom is 0.125 e. The van der Waals surface area contributed by atoms with Crippen LogP contribution in [0.15, 0.2) is 18.3 Å². The molecule has 2 heterocycles. The number of aryl methyl sites for hydroxylation is 2. The molecule has 0 aromatic carbocycles. The minimum atomic E-state index is 0.573. The summed E-state index contributed by atoms with van der Waals surface area (Å²) in [6.07, 6.45) is 1.80. The average Bonchev–Trinajstić information content (AvgIpc) is 2.48. The van der Waals surface area contributed by atoms with E-state index in [4.69, 9.17) is 5.73 Å². The van der Waals surface area contributed by atoms with Gasteiger partial charge in [0, 0.05) is 30.4 Å². The number of rotatable bonds is 0. The molecule has 0 radical (unpaired) electrons. The van der Waals surface area contributed by atoms with Crippen molar-refractivity contribution in [1.82, 2.24) is 9.55 Å². The number of nitrogen functional groups attached to an aromatic ring is 1. The zero-order valence-electron chi connectivity index (χ0n) is 9.20. The van der Waals surface area contributed by atoms with Gasteiger partial charge in [-0.25, -0.2) is 4.98 Å². The van der Waals surface area contributed by atoms with Crippen LogP contribution in [0.2, 0.25) is 0 Å². The van der Waals surface area contributed by atoms with Crippen molar-refractivity contribution in [2.24, 2.45) is 7.05 Å². The van der Waals surface area contributed by atoms with Gasteiger partial charge in [0.25, 0.3) is 0 Å². The molecule has 2 N–H and O–H groups in total. The van der Waals surface area contributed by atoms with Gasteiger partial charge in [-0.3, -0.25) is 0 Å². The Morgan fingerprint density at radius 3 is 2.57 bits per heavy atom. The first-order valence-electron chi connectivity index (χ1n) is 4.86. The van der Waals surface area contributed by atoms with Gasteiger partial charge in [-0.15, -0.1) is 0 Å². The third kappa shape index (κ3) is 1.71. The summed E-state index contributed by atoms with van der Waals surface area (Å²) < 4.78 is 2.10. The fourth-order valence-electron chi connectivity index (χ4n) is 1.38. The highest BCUT2D eigenvalue weighted by molar-refractivity contribution is 5.82. The first-order valence-corrected chi connectivity index (χ1v) is 4.86. The monoisotopic (exact) mass is 191 g/mol. The molecular formula is C11H17N3. The average molecular weight is 191 g/mol. The van der Waals surface area contributed by atoms with Crippen molar-refractivity contribution in [2.45, 2.75) is 20.8 Å². The van der Waals surface area contributed by atoms with E-state index in [0.29, 0.717) is 5.82 Å².